The monoisotopic (exact) mass is 608 g/mol. The maximum absolute atomic E-state index is 16.7. The number of anilines is 1. The number of pyridine rings is 1. The van der Waals surface area contributed by atoms with Crippen LogP contribution in [0.2, 0.25) is 0 Å². The summed E-state index contributed by atoms with van der Waals surface area (Å²) in [6.45, 7) is 4.43. The van der Waals surface area contributed by atoms with Crippen molar-refractivity contribution in [3.8, 4) is 23.1 Å². The van der Waals surface area contributed by atoms with Crippen LogP contribution in [0.4, 0.5) is 19.0 Å². The lowest BCUT2D eigenvalue weighted by Gasteiger charge is -2.30. The first-order valence-electron chi connectivity index (χ1n) is 15.5. The smallest absolute Gasteiger partial charge is 0.319 e. The number of hydrogen-bond donors (Lipinski definition) is 2. The SMILES string of the molecule is CC[C@@H]1N[C@H]2CNc3nc(OC[C@@]45CCCN4C[C@H](F)C5)nc4c(F)c(-c5c(F)ccc6cnn(C)c56)nc(c34)OC[C@H]1C2. The Kier molecular flexibility index (Phi) is 6.60. The molecular weight excluding hydrogens is 573 g/mol. The highest BCUT2D eigenvalue weighted by molar-refractivity contribution is 6.00. The predicted octanol–water partition coefficient (Wildman–Crippen LogP) is 4.37. The number of alkyl halides is 1. The van der Waals surface area contributed by atoms with Crippen molar-refractivity contribution in [2.45, 2.75) is 62.8 Å². The molecule has 3 saturated heterocycles. The zero-order valence-corrected chi connectivity index (χ0v) is 24.7. The number of ether oxygens (including phenoxy) is 2. The molecule has 0 spiro atoms. The van der Waals surface area contributed by atoms with Gasteiger partial charge in [-0.2, -0.15) is 15.1 Å². The Labute approximate surface area is 252 Å². The summed E-state index contributed by atoms with van der Waals surface area (Å²) in [6, 6.07) is 3.27. The minimum absolute atomic E-state index is 0.0242. The summed E-state index contributed by atoms with van der Waals surface area (Å²) in [6.07, 6.45) is 4.66. The number of fused-ring (bicyclic) bond motifs is 4. The van der Waals surface area contributed by atoms with Crippen molar-refractivity contribution >= 4 is 27.6 Å². The zero-order chi connectivity index (χ0) is 30.2. The summed E-state index contributed by atoms with van der Waals surface area (Å²) in [4.78, 5) is 16.0. The molecule has 3 aromatic heterocycles. The van der Waals surface area contributed by atoms with Crippen molar-refractivity contribution < 1.29 is 22.6 Å². The molecule has 2 bridgehead atoms. The molecule has 2 N–H and O–H groups in total. The lowest BCUT2D eigenvalue weighted by Crippen LogP contribution is -2.43. The van der Waals surface area contributed by atoms with E-state index in [9.17, 15) is 4.39 Å². The van der Waals surface area contributed by atoms with Gasteiger partial charge >= 0.3 is 6.01 Å². The number of nitrogens with one attached hydrogen (secondary N) is 2. The Morgan fingerprint density at radius 2 is 2.09 bits per heavy atom. The largest absolute Gasteiger partial charge is 0.477 e. The fraction of sp³-hybridized carbons (Fsp3) is 0.548. The van der Waals surface area contributed by atoms with E-state index in [1.54, 1.807) is 19.3 Å². The number of halogens is 3. The fourth-order valence-corrected chi connectivity index (χ4v) is 7.92. The third kappa shape index (κ3) is 4.38. The summed E-state index contributed by atoms with van der Waals surface area (Å²) >= 11 is 0. The highest BCUT2D eigenvalue weighted by Crippen LogP contribution is 2.42. The molecule has 8 rings (SSSR count). The van der Waals surface area contributed by atoms with Crippen LogP contribution in [0, 0.1) is 17.6 Å². The lowest BCUT2D eigenvalue weighted by molar-refractivity contribution is 0.107. The number of aromatic nitrogens is 5. The maximum atomic E-state index is 16.7. The van der Waals surface area contributed by atoms with E-state index in [0.29, 0.717) is 42.8 Å². The van der Waals surface area contributed by atoms with Crippen LogP contribution >= 0.6 is 0 Å². The molecule has 5 atom stereocenters. The summed E-state index contributed by atoms with van der Waals surface area (Å²) in [7, 11) is 1.68. The van der Waals surface area contributed by atoms with Gasteiger partial charge in [0.2, 0.25) is 5.88 Å². The van der Waals surface area contributed by atoms with E-state index in [2.05, 4.69) is 42.5 Å². The van der Waals surface area contributed by atoms with Crippen LogP contribution in [0.5, 0.6) is 11.9 Å². The minimum atomic E-state index is -0.913. The molecule has 4 aliphatic heterocycles. The van der Waals surface area contributed by atoms with E-state index in [4.69, 9.17) is 9.47 Å². The van der Waals surface area contributed by atoms with E-state index >= 15 is 8.78 Å². The van der Waals surface area contributed by atoms with Crippen molar-refractivity contribution in [2.24, 2.45) is 13.0 Å². The number of hydrogen-bond acceptors (Lipinski definition) is 9. The normalized spacial score (nSPS) is 28.3. The van der Waals surface area contributed by atoms with Crippen LogP contribution in [-0.2, 0) is 7.05 Å². The van der Waals surface area contributed by atoms with Gasteiger partial charge in [-0.15, -0.1) is 0 Å². The first-order valence-corrected chi connectivity index (χ1v) is 15.5. The molecule has 13 heteroatoms. The average molecular weight is 609 g/mol. The molecule has 232 valence electrons. The molecule has 0 unspecified atom stereocenters. The third-order valence-corrected chi connectivity index (χ3v) is 10.0. The third-order valence-electron chi connectivity index (χ3n) is 10.0. The summed E-state index contributed by atoms with van der Waals surface area (Å²) in [5.41, 5.74) is -0.358. The van der Waals surface area contributed by atoms with Gasteiger partial charge in [-0.05, 0) is 44.4 Å². The highest BCUT2D eigenvalue weighted by atomic mass is 19.1. The van der Waals surface area contributed by atoms with Crippen LogP contribution in [0.3, 0.4) is 0 Å². The molecule has 1 aromatic carbocycles. The molecule has 44 heavy (non-hydrogen) atoms. The number of rotatable bonds is 5. The quantitative estimate of drug-likeness (QED) is 0.342. The van der Waals surface area contributed by atoms with Crippen LogP contribution in [0.15, 0.2) is 18.3 Å². The van der Waals surface area contributed by atoms with E-state index < -0.39 is 23.3 Å². The molecule has 0 aliphatic carbocycles. The van der Waals surface area contributed by atoms with Gasteiger partial charge in [-0.3, -0.25) is 9.58 Å². The van der Waals surface area contributed by atoms with Crippen LogP contribution in [0.1, 0.15) is 39.0 Å². The molecule has 0 radical (unpaired) electrons. The van der Waals surface area contributed by atoms with Crippen LogP contribution in [-0.4, -0.2) is 86.3 Å². The van der Waals surface area contributed by atoms with Gasteiger partial charge < -0.3 is 20.1 Å². The van der Waals surface area contributed by atoms with Crippen LogP contribution in [0.25, 0.3) is 33.1 Å². The molecule has 10 nitrogen and oxygen atoms in total. The first-order chi connectivity index (χ1) is 21.3. The van der Waals surface area contributed by atoms with Gasteiger partial charge in [0.1, 0.15) is 41.0 Å². The molecule has 0 amide bonds. The van der Waals surface area contributed by atoms with Crippen molar-refractivity contribution in [1.29, 1.82) is 0 Å². The van der Waals surface area contributed by atoms with Crippen molar-refractivity contribution in [3.05, 3.63) is 30.0 Å². The first kappa shape index (κ1) is 27.8. The maximum Gasteiger partial charge on any atom is 0.319 e. The number of aryl methyl sites for hydroxylation is 1. The summed E-state index contributed by atoms with van der Waals surface area (Å²) in [5.74, 6) is -0.781. The number of benzene rings is 1. The van der Waals surface area contributed by atoms with Crippen molar-refractivity contribution in [3.63, 3.8) is 0 Å². The molecular formula is C31H35F3N8O2. The minimum Gasteiger partial charge on any atom is -0.477 e. The van der Waals surface area contributed by atoms with Crippen molar-refractivity contribution in [1.82, 2.24) is 34.9 Å². The topological polar surface area (TPSA) is 102 Å². The second-order valence-electron chi connectivity index (χ2n) is 12.7. The Bertz CT molecular complexity index is 1770. The second kappa shape index (κ2) is 10.4. The Morgan fingerprint density at radius 3 is 2.95 bits per heavy atom. The van der Waals surface area contributed by atoms with E-state index in [0.717, 1.165) is 32.2 Å². The van der Waals surface area contributed by atoms with E-state index in [1.807, 2.05) is 0 Å². The van der Waals surface area contributed by atoms with Gasteiger partial charge in [0.15, 0.2) is 5.82 Å². The molecule has 4 aliphatic rings. The van der Waals surface area contributed by atoms with Crippen LogP contribution < -0.4 is 20.1 Å². The van der Waals surface area contributed by atoms with Gasteiger partial charge in [0.25, 0.3) is 0 Å². The molecule has 4 aromatic rings. The Morgan fingerprint density at radius 1 is 1.20 bits per heavy atom. The second-order valence-corrected chi connectivity index (χ2v) is 12.7. The highest BCUT2D eigenvalue weighted by Gasteiger charge is 2.49. The average Bonchev–Trinajstić information content (AvgIpc) is 3.77. The van der Waals surface area contributed by atoms with Gasteiger partial charge in [-0.1, -0.05) is 6.92 Å². The van der Waals surface area contributed by atoms with E-state index in [-0.39, 0.29) is 58.7 Å². The Hall–Kier alpha value is -3.71. The van der Waals surface area contributed by atoms with Gasteiger partial charge in [-0.25, -0.2) is 18.2 Å². The summed E-state index contributed by atoms with van der Waals surface area (Å²) in [5, 5.41) is 12.2. The van der Waals surface area contributed by atoms with Gasteiger partial charge in [0.05, 0.1) is 29.4 Å². The molecule has 3 fully saturated rings. The molecule has 0 saturated carbocycles. The standard InChI is InChI=1S/C31H35F3N8O2/c1-3-21-17-9-19(37-21)12-35-28-23-26(39-30(40-28)44-15-31-7-4-8-42(31)13-18(32)10-31)24(34)25(38-29(23)43-14-17)22-20(33)6-5-16-11-36-41(2)27(16)22/h5-6,11,17-19,21,37H,3-4,7-10,12-15H2,1-2H3,(H,35,39,40)/t17-,18-,19-,21+,31+/m1/s1. The lowest BCUT2D eigenvalue weighted by atomic mass is 9.95. The van der Waals surface area contributed by atoms with Gasteiger partial charge in [0, 0.05) is 49.9 Å². The number of nitrogens with zero attached hydrogens (tertiary/aromatic N) is 6. The van der Waals surface area contributed by atoms with Crippen molar-refractivity contribution in [2.75, 3.05) is 38.2 Å². The fourth-order valence-electron chi connectivity index (χ4n) is 7.92. The summed E-state index contributed by atoms with van der Waals surface area (Å²) < 4.78 is 60.8. The van der Waals surface area contributed by atoms with E-state index in [1.165, 1.54) is 10.7 Å². The predicted molar refractivity (Wildman–Crippen MR) is 159 cm³/mol. The zero-order valence-electron chi connectivity index (χ0n) is 24.7. The molecule has 7 heterocycles. The Balaban J connectivity index is 1.29.